The molecule has 0 amide bonds. The molecule has 0 N–H and O–H groups in total. The highest BCUT2D eigenvalue weighted by atomic mass is 79.9. The first-order valence-electron chi connectivity index (χ1n) is 6.69. The lowest BCUT2D eigenvalue weighted by molar-refractivity contribution is 0.104. The van der Waals surface area contributed by atoms with Crippen molar-refractivity contribution in [3.05, 3.63) is 70.1 Å². The number of ketones is 1. The second kappa shape index (κ2) is 5.45. The Balaban J connectivity index is 2.21. The maximum atomic E-state index is 13.0. The van der Waals surface area contributed by atoms with Gasteiger partial charge in [0.15, 0.2) is 5.78 Å². The molecule has 2 aromatic carbocycles. The number of carbonyl (C=O) groups is 1. The summed E-state index contributed by atoms with van der Waals surface area (Å²) >= 11 is 3.45. The Hall–Kier alpha value is -1.94. The minimum atomic E-state index is -0.345. The smallest absolute Gasteiger partial charge is 0.195 e. The van der Waals surface area contributed by atoms with Gasteiger partial charge in [-0.25, -0.2) is 4.39 Å². The van der Waals surface area contributed by atoms with Crippen LogP contribution in [-0.4, -0.2) is 10.4 Å². The number of rotatable bonds is 3. The lowest BCUT2D eigenvalue weighted by Crippen LogP contribution is -2.05. The van der Waals surface area contributed by atoms with Crippen LogP contribution < -0.4 is 0 Å². The average molecular weight is 346 g/mol. The maximum absolute atomic E-state index is 13.0. The summed E-state index contributed by atoms with van der Waals surface area (Å²) in [5, 5.41) is 1.01. The number of aryl methyl sites for hydroxylation is 1. The minimum Gasteiger partial charge on any atom is -0.347 e. The number of hydrogen-bond acceptors (Lipinski definition) is 1. The Kier molecular flexibility index (Phi) is 3.64. The molecule has 0 spiro atoms. The normalized spacial score (nSPS) is 11.0. The molecule has 3 rings (SSSR count). The van der Waals surface area contributed by atoms with Gasteiger partial charge in [-0.2, -0.15) is 0 Å². The Morgan fingerprint density at radius 1 is 1.19 bits per heavy atom. The van der Waals surface area contributed by atoms with Crippen LogP contribution in [0, 0.1) is 5.82 Å². The Morgan fingerprint density at radius 3 is 2.57 bits per heavy atom. The van der Waals surface area contributed by atoms with Crippen LogP contribution in [0.5, 0.6) is 0 Å². The van der Waals surface area contributed by atoms with Gasteiger partial charge in [0.1, 0.15) is 5.82 Å². The van der Waals surface area contributed by atoms with Crippen LogP contribution in [0.4, 0.5) is 4.39 Å². The molecule has 0 aliphatic carbocycles. The fraction of sp³-hybridized carbons (Fsp3) is 0.118. The molecule has 0 saturated carbocycles. The number of benzene rings is 2. The van der Waals surface area contributed by atoms with Gasteiger partial charge in [-0.15, -0.1) is 0 Å². The number of nitrogens with zero attached hydrogens (tertiary/aromatic N) is 1. The molecule has 3 aromatic rings. The van der Waals surface area contributed by atoms with Gasteiger partial charge < -0.3 is 4.57 Å². The molecule has 0 saturated heterocycles. The molecule has 1 aromatic heterocycles. The van der Waals surface area contributed by atoms with Gasteiger partial charge in [-0.05, 0) is 49.4 Å². The van der Waals surface area contributed by atoms with E-state index in [9.17, 15) is 9.18 Å². The van der Waals surface area contributed by atoms with E-state index in [1.165, 1.54) is 24.3 Å². The molecular formula is C17H13BrFNO. The predicted molar refractivity (Wildman–Crippen MR) is 85.1 cm³/mol. The standard InChI is InChI=1S/C17H13BrFNO/c1-2-20-8-7-12-9-13(18)10-15(16(12)20)17(21)11-3-5-14(19)6-4-11/h3-10H,2H2,1H3. The van der Waals surface area contributed by atoms with E-state index in [-0.39, 0.29) is 11.6 Å². The van der Waals surface area contributed by atoms with Crippen LogP contribution >= 0.6 is 15.9 Å². The number of carbonyl (C=O) groups excluding carboxylic acids is 1. The van der Waals surface area contributed by atoms with Crippen molar-refractivity contribution >= 4 is 32.6 Å². The number of hydrogen-bond donors (Lipinski definition) is 0. The molecule has 0 aliphatic rings. The Morgan fingerprint density at radius 2 is 1.90 bits per heavy atom. The zero-order valence-electron chi connectivity index (χ0n) is 11.4. The third-order valence-electron chi connectivity index (χ3n) is 3.52. The molecule has 4 heteroatoms. The van der Waals surface area contributed by atoms with E-state index in [2.05, 4.69) is 15.9 Å². The molecule has 1 heterocycles. The largest absolute Gasteiger partial charge is 0.347 e. The van der Waals surface area contributed by atoms with E-state index in [0.29, 0.717) is 11.1 Å². The summed E-state index contributed by atoms with van der Waals surface area (Å²) in [7, 11) is 0. The monoisotopic (exact) mass is 345 g/mol. The molecule has 106 valence electrons. The molecule has 2 nitrogen and oxygen atoms in total. The number of halogens is 2. The maximum Gasteiger partial charge on any atom is 0.195 e. The average Bonchev–Trinajstić information content (AvgIpc) is 2.89. The van der Waals surface area contributed by atoms with Crippen LogP contribution in [0.15, 0.2) is 53.1 Å². The highest BCUT2D eigenvalue weighted by Crippen LogP contribution is 2.27. The third-order valence-corrected chi connectivity index (χ3v) is 3.97. The van der Waals surface area contributed by atoms with Crippen molar-refractivity contribution in [3.8, 4) is 0 Å². The van der Waals surface area contributed by atoms with Gasteiger partial charge in [0.25, 0.3) is 0 Å². The number of fused-ring (bicyclic) bond motifs is 1. The number of aromatic nitrogens is 1. The first kappa shape index (κ1) is 14.0. The Bertz CT molecular complexity index is 821. The fourth-order valence-electron chi connectivity index (χ4n) is 2.51. The van der Waals surface area contributed by atoms with Crippen LogP contribution in [0.3, 0.4) is 0 Å². The molecule has 0 bridgehead atoms. The molecule has 0 unspecified atom stereocenters. The Labute approximate surface area is 130 Å². The van der Waals surface area contributed by atoms with E-state index in [4.69, 9.17) is 0 Å². The van der Waals surface area contributed by atoms with E-state index < -0.39 is 0 Å². The van der Waals surface area contributed by atoms with E-state index >= 15 is 0 Å². The van der Waals surface area contributed by atoms with E-state index in [1.54, 1.807) is 0 Å². The van der Waals surface area contributed by atoms with Gasteiger partial charge in [0.05, 0.1) is 5.52 Å². The van der Waals surface area contributed by atoms with E-state index in [1.807, 2.05) is 35.9 Å². The summed E-state index contributed by atoms with van der Waals surface area (Å²) in [5.41, 5.74) is 2.02. The lowest BCUT2D eigenvalue weighted by Gasteiger charge is -2.08. The summed E-state index contributed by atoms with van der Waals surface area (Å²) in [6, 6.07) is 11.4. The first-order valence-corrected chi connectivity index (χ1v) is 7.48. The minimum absolute atomic E-state index is 0.102. The van der Waals surface area contributed by atoms with E-state index in [0.717, 1.165) is 21.9 Å². The predicted octanol–water partition coefficient (Wildman–Crippen LogP) is 4.79. The summed E-state index contributed by atoms with van der Waals surface area (Å²) in [5.74, 6) is -0.447. The third kappa shape index (κ3) is 2.51. The van der Waals surface area contributed by atoms with Crippen molar-refractivity contribution in [2.45, 2.75) is 13.5 Å². The quantitative estimate of drug-likeness (QED) is 0.625. The molecule has 0 fully saturated rings. The summed E-state index contributed by atoms with van der Waals surface area (Å²) in [4.78, 5) is 12.7. The van der Waals surface area contributed by atoms with Crippen molar-refractivity contribution in [3.63, 3.8) is 0 Å². The molecule has 0 radical (unpaired) electrons. The first-order chi connectivity index (χ1) is 10.1. The summed E-state index contributed by atoms with van der Waals surface area (Å²) < 4.78 is 15.9. The molecule has 21 heavy (non-hydrogen) atoms. The highest BCUT2D eigenvalue weighted by Gasteiger charge is 2.16. The zero-order chi connectivity index (χ0) is 15.0. The molecule has 0 atom stereocenters. The van der Waals surface area contributed by atoms with Crippen molar-refractivity contribution in [1.82, 2.24) is 4.57 Å². The van der Waals surface area contributed by atoms with Crippen molar-refractivity contribution in [2.24, 2.45) is 0 Å². The summed E-state index contributed by atoms with van der Waals surface area (Å²) in [6.07, 6.45) is 1.97. The van der Waals surface area contributed by atoms with Crippen LogP contribution in [0.1, 0.15) is 22.8 Å². The fourth-order valence-corrected chi connectivity index (χ4v) is 2.98. The van der Waals surface area contributed by atoms with Crippen LogP contribution in [0.2, 0.25) is 0 Å². The zero-order valence-corrected chi connectivity index (χ0v) is 13.0. The SMILES string of the molecule is CCn1ccc2cc(Br)cc(C(=O)c3ccc(F)cc3)c21. The second-order valence-electron chi connectivity index (χ2n) is 4.83. The van der Waals surface area contributed by atoms with Crippen LogP contribution in [-0.2, 0) is 6.54 Å². The topological polar surface area (TPSA) is 22.0 Å². The van der Waals surface area contributed by atoms with Gasteiger partial charge in [0, 0.05) is 33.7 Å². The lowest BCUT2D eigenvalue weighted by atomic mass is 10.0. The van der Waals surface area contributed by atoms with Gasteiger partial charge in [-0.1, -0.05) is 15.9 Å². The van der Waals surface area contributed by atoms with Crippen molar-refractivity contribution < 1.29 is 9.18 Å². The second-order valence-corrected chi connectivity index (χ2v) is 5.74. The van der Waals surface area contributed by atoms with Gasteiger partial charge in [0.2, 0.25) is 0 Å². The highest BCUT2D eigenvalue weighted by molar-refractivity contribution is 9.10. The van der Waals surface area contributed by atoms with Crippen molar-refractivity contribution in [1.29, 1.82) is 0 Å². The van der Waals surface area contributed by atoms with Crippen molar-refractivity contribution in [2.75, 3.05) is 0 Å². The van der Waals surface area contributed by atoms with Gasteiger partial charge in [-0.3, -0.25) is 4.79 Å². The summed E-state index contributed by atoms with van der Waals surface area (Å²) in [6.45, 7) is 2.82. The van der Waals surface area contributed by atoms with Gasteiger partial charge >= 0.3 is 0 Å². The molecule has 0 aliphatic heterocycles. The van der Waals surface area contributed by atoms with Crippen LogP contribution in [0.25, 0.3) is 10.9 Å². The molecular weight excluding hydrogens is 333 g/mol.